The van der Waals surface area contributed by atoms with Gasteiger partial charge in [0.15, 0.2) is 0 Å². The summed E-state index contributed by atoms with van der Waals surface area (Å²) in [5.74, 6) is -0.739. The van der Waals surface area contributed by atoms with Gasteiger partial charge in [-0.25, -0.2) is 4.79 Å². The lowest BCUT2D eigenvalue weighted by molar-refractivity contribution is -0.184. The molecule has 1 fully saturated rings. The number of rotatable bonds is 5. The monoisotopic (exact) mass is 478 g/mol. The first-order valence-corrected chi connectivity index (χ1v) is 9.82. The van der Waals surface area contributed by atoms with Crippen LogP contribution >= 0.6 is 23.2 Å². The van der Waals surface area contributed by atoms with E-state index in [-0.39, 0.29) is 39.8 Å². The third-order valence-electron chi connectivity index (χ3n) is 5.36. The number of esters is 1. The number of halogens is 5. The fraction of sp³-hybridized carbons (Fsp3) is 0.350. The molecule has 168 valence electrons. The van der Waals surface area contributed by atoms with Gasteiger partial charge < -0.3 is 9.64 Å². The van der Waals surface area contributed by atoms with Crippen molar-refractivity contribution in [2.45, 2.75) is 18.0 Å². The second kappa shape index (κ2) is 8.74. The molecule has 2 aromatic rings. The van der Waals surface area contributed by atoms with Crippen LogP contribution in [0.15, 0.2) is 36.4 Å². The van der Waals surface area contributed by atoms with Crippen LogP contribution in [0.5, 0.6) is 0 Å². The number of ether oxygens (including phenoxy) is 1. The van der Waals surface area contributed by atoms with Crippen molar-refractivity contribution in [1.82, 2.24) is 0 Å². The van der Waals surface area contributed by atoms with Crippen molar-refractivity contribution >= 4 is 40.5 Å². The van der Waals surface area contributed by atoms with E-state index in [9.17, 15) is 23.2 Å². The first-order chi connectivity index (χ1) is 14.5. The third-order valence-corrected chi connectivity index (χ3v) is 5.79. The van der Waals surface area contributed by atoms with Gasteiger partial charge in [-0.1, -0.05) is 23.2 Å². The summed E-state index contributed by atoms with van der Waals surface area (Å²) in [6.45, 7) is -0.332. The highest BCUT2D eigenvalue weighted by Gasteiger charge is 2.59. The number of anilines is 2. The lowest BCUT2D eigenvalue weighted by Gasteiger charge is -2.33. The molecule has 1 saturated heterocycles. The van der Waals surface area contributed by atoms with Gasteiger partial charge in [-0.3, -0.25) is 10.0 Å². The second-order valence-corrected chi connectivity index (χ2v) is 7.93. The number of hydrogen-bond acceptors (Lipinski definition) is 6. The minimum atomic E-state index is -4.57. The molecule has 0 bridgehead atoms. The Kier molecular flexibility index (Phi) is 6.61. The van der Waals surface area contributed by atoms with E-state index >= 15 is 0 Å². The lowest BCUT2D eigenvalue weighted by atomic mass is 9.79. The fourth-order valence-electron chi connectivity index (χ4n) is 3.75. The molecule has 1 unspecified atom stereocenters. The zero-order chi connectivity index (χ0) is 23.0. The van der Waals surface area contributed by atoms with Gasteiger partial charge in [-0.15, -0.1) is 5.23 Å². The van der Waals surface area contributed by atoms with Crippen LogP contribution in [-0.4, -0.2) is 44.7 Å². The molecular weight excluding hydrogens is 460 g/mol. The zero-order valence-corrected chi connectivity index (χ0v) is 18.1. The lowest BCUT2D eigenvalue weighted by Crippen LogP contribution is -2.44. The van der Waals surface area contributed by atoms with Crippen molar-refractivity contribution in [2.75, 3.05) is 37.4 Å². The standard InChI is InChI=1S/C20H19Cl2F3N2O4/c1-30-18(28)16-4-3-15(10-17(16)27(29)31-2)26-6-5-19(11-26,20(23,24)25)12-7-13(21)9-14(22)8-12/h3-4,7-10,29H,5-6,11H2,1-2H3. The number of alkyl halides is 3. The predicted octanol–water partition coefficient (Wildman–Crippen LogP) is 5.25. The van der Waals surface area contributed by atoms with Crippen LogP contribution in [0.2, 0.25) is 10.0 Å². The first-order valence-electron chi connectivity index (χ1n) is 9.06. The van der Waals surface area contributed by atoms with Crippen molar-refractivity contribution in [2.24, 2.45) is 0 Å². The van der Waals surface area contributed by atoms with Crippen LogP contribution in [0.25, 0.3) is 0 Å². The van der Waals surface area contributed by atoms with Crippen molar-refractivity contribution in [3.63, 3.8) is 0 Å². The van der Waals surface area contributed by atoms with Crippen LogP contribution in [0.4, 0.5) is 24.5 Å². The third kappa shape index (κ3) is 4.41. The molecule has 1 atom stereocenters. The maximum atomic E-state index is 14.3. The number of hydrogen-bond donors (Lipinski definition) is 1. The predicted molar refractivity (Wildman–Crippen MR) is 110 cm³/mol. The maximum Gasteiger partial charge on any atom is 0.400 e. The fourth-order valence-corrected chi connectivity index (χ4v) is 4.27. The summed E-state index contributed by atoms with van der Waals surface area (Å²) < 4.78 is 47.5. The van der Waals surface area contributed by atoms with Crippen molar-refractivity contribution < 1.29 is 32.7 Å². The Morgan fingerprint density at radius 1 is 1.16 bits per heavy atom. The van der Waals surface area contributed by atoms with Gasteiger partial charge in [0.2, 0.25) is 0 Å². The molecule has 6 nitrogen and oxygen atoms in total. The Hall–Kier alpha value is -2.20. The normalized spacial score (nSPS) is 18.9. The Morgan fingerprint density at radius 3 is 2.35 bits per heavy atom. The van der Waals surface area contributed by atoms with Crippen LogP contribution in [0.3, 0.4) is 0 Å². The smallest absolute Gasteiger partial charge is 0.400 e. The van der Waals surface area contributed by atoms with Crippen LogP contribution in [-0.2, 0) is 15.0 Å². The molecule has 11 heteroatoms. The van der Waals surface area contributed by atoms with Crippen LogP contribution < -0.4 is 10.1 Å². The van der Waals surface area contributed by atoms with Gasteiger partial charge in [-0.05, 0) is 48.4 Å². The Bertz CT molecular complexity index is 969. The largest absolute Gasteiger partial charge is 0.465 e. The average Bonchev–Trinajstić information content (AvgIpc) is 3.18. The second-order valence-electron chi connectivity index (χ2n) is 7.06. The van der Waals surface area contributed by atoms with E-state index in [0.29, 0.717) is 10.9 Å². The molecule has 0 spiro atoms. The van der Waals surface area contributed by atoms with Gasteiger partial charge >= 0.3 is 12.1 Å². The summed E-state index contributed by atoms with van der Waals surface area (Å²) in [6, 6.07) is 8.11. The quantitative estimate of drug-likeness (QED) is 0.467. The van der Waals surface area contributed by atoms with Crippen LogP contribution in [0.1, 0.15) is 22.3 Å². The molecule has 0 amide bonds. The highest BCUT2D eigenvalue weighted by molar-refractivity contribution is 6.34. The van der Waals surface area contributed by atoms with E-state index in [4.69, 9.17) is 28.0 Å². The molecule has 31 heavy (non-hydrogen) atoms. The molecule has 0 saturated carbocycles. The van der Waals surface area contributed by atoms with E-state index in [1.807, 2.05) is 0 Å². The summed E-state index contributed by atoms with van der Waals surface area (Å²) in [7, 11) is 2.34. The highest BCUT2D eigenvalue weighted by atomic mass is 35.5. The molecule has 0 radical (unpaired) electrons. The van der Waals surface area contributed by atoms with E-state index in [2.05, 4.69) is 4.74 Å². The highest BCUT2D eigenvalue weighted by Crippen LogP contribution is 2.49. The minimum absolute atomic E-state index is 0.0153. The Labute approximate surface area is 186 Å². The molecule has 1 aliphatic rings. The molecular formula is C20H19Cl2F3N2O4. The molecule has 0 aromatic heterocycles. The number of carbonyl (C=O) groups excluding carboxylic acids is 1. The van der Waals surface area contributed by atoms with Gasteiger partial charge in [-0.2, -0.15) is 13.2 Å². The Morgan fingerprint density at radius 2 is 1.81 bits per heavy atom. The first kappa shape index (κ1) is 23.5. The molecule has 1 aliphatic heterocycles. The molecule has 0 aliphatic carbocycles. The zero-order valence-electron chi connectivity index (χ0n) is 16.5. The molecule has 1 heterocycles. The molecule has 1 N–H and O–H groups in total. The SMILES string of the molecule is COC(=O)c1ccc(N2CCC(c3cc(Cl)cc(Cl)c3)(C(F)(F)F)C2)cc1N(O)OC. The van der Waals surface area contributed by atoms with Gasteiger partial charge in [0.25, 0.3) is 0 Å². The summed E-state index contributed by atoms with van der Waals surface area (Å²) in [6.07, 6.45) is -4.80. The van der Waals surface area contributed by atoms with Crippen molar-refractivity contribution in [3.8, 4) is 0 Å². The topological polar surface area (TPSA) is 62.2 Å². The van der Waals surface area contributed by atoms with E-state index in [1.54, 1.807) is 0 Å². The van der Waals surface area contributed by atoms with Gasteiger partial charge in [0.1, 0.15) is 11.1 Å². The number of benzene rings is 2. The Balaban J connectivity index is 2.03. The maximum absolute atomic E-state index is 14.3. The number of nitrogens with zero attached hydrogens (tertiary/aromatic N) is 2. The van der Waals surface area contributed by atoms with Gasteiger partial charge in [0, 0.05) is 28.8 Å². The average molecular weight is 479 g/mol. The van der Waals surface area contributed by atoms with E-state index in [0.717, 1.165) is 0 Å². The summed E-state index contributed by atoms with van der Waals surface area (Å²) >= 11 is 11.9. The summed E-state index contributed by atoms with van der Waals surface area (Å²) in [5, 5.41) is 10.5. The summed E-state index contributed by atoms with van der Waals surface area (Å²) in [5.41, 5.74) is -1.94. The van der Waals surface area contributed by atoms with Crippen molar-refractivity contribution in [3.05, 3.63) is 57.6 Å². The summed E-state index contributed by atoms with van der Waals surface area (Å²) in [4.78, 5) is 18.2. The number of methoxy groups -OCH3 is 1. The van der Waals surface area contributed by atoms with E-state index < -0.39 is 24.1 Å². The van der Waals surface area contributed by atoms with E-state index in [1.165, 1.54) is 55.5 Å². The minimum Gasteiger partial charge on any atom is -0.465 e. The molecule has 3 rings (SSSR count). The van der Waals surface area contributed by atoms with Crippen LogP contribution in [0, 0.1) is 0 Å². The molecule has 2 aromatic carbocycles. The number of carbonyl (C=O) groups is 1. The van der Waals surface area contributed by atoms with Gasteiger partial charge in [0.05, 0.1) is 19.8 Å². The van der Waals surface area contributed by atoms with Crippen molar-refractivity contribution in [1.29, 1.82) is 0 Å².